The molecule has 2 heterocycles. The number of rotatable bonds is 4. The predicted molar refractivity (Wildman–Crippen MR) is 95.5 cm³/mol. The molecule has 1 N–H and O–H groups in total. The quantitative estimate of drug-likeness (QED) is 0.930. The summed E-state index contributed by atoms with van der Waals surface area (Å²) in [4.78, 5) is 14.6. The predicted octanol–water partition coefficient (Wildman–Crippen LogP) is 2.87. The van der Waals surface area contributed by atoms with Crippen LogP contribution in [0.2, 0.25) is 0 Å². The highest BCUT2D eigenvalue weighted by molar-refractivity contribution is 5.94. The first-order valence-corrected chi connectivity index (χ1v) is 9.27. The number of carbonyl (C=O) groups excluding carboxylic acids is 1. The zero-order valence-corrected chi connectivity index (χ0v) is 14.8. The van der Waals surface area contributed by atoms with Crippen molar-refractivity contribution in [2.45, 2.75) is 51.6 Å². The van der Waals surface area contributed by atoms with Gasteiger partial charge in [-0.15, -0.1) is 0 Å². The molecule has 1 unspecified atom stereocenters. The Bertz CT molecular complexity index is 762. The Kier molecular flexibility index (Phi) is 4.57. The minimum atomic E-state index is 0.0436. The molecule has 1 fully saturated rings. The van der Waals surface area contributed by atoms with Crippen LogP contribution in [0.25, 0.3) is 0 Å². The molecule has 0 spiro atoms. The SMILES string of the molecule is Cc1ccccc1CNC1CCc2onc(C(=O)N3CCCC3)c2C1. The van der Waals surface area contributed by atoms with E-state index in [0.717, 1.165) is 63.1 Å². The summed E-state index contributed by atoms with van der Waals surface area (Å²) in [6, 6.07) is 8.81. The van der Waals surface area contributed by atoms with Crippen molar-refractivity contribution in [3.63, 3.8) is 0 Å². The molecule has 1 saturated heterocycles. The third kappa shape index (κ3) is 3.33. The lowest BCUT2D eigenvalue weighted by Crippen LogP contribution is -2.35. The number of hydrogen-bond acceptors (Lipinski definition) is 4. The van der Waals surface area contributed by atoms with Crippen LogP contribution in [0.5, 0.6) is 0 Å². The fourth-order valence-corrected chi connectivity index (χ4v) is 3.88. The smallest absolute Gasteiger partial charge is 0.276 e. The molecule has 1 atom stereocenters. The number of nitrogens with zero attached hydrogens (tertiary/aromatic N) is 2. The van der Waals surface area contributed by atoms with Crippen molar-refractivity contribution in [3.8, 4) is 0 Å². The molecule has 2 aromatic rings. The highest BCUT2D eigenvalue weighted by Crippen LogP contribution is 2.26. The Morgan fingerprint density at radius 2 is 2.12 bits per heavy atom. The second-order valence-electron chi connectivity index (χ2n) is 7.18. The molecule has 0 bridgehead atoms. The Balaban J connectivity index is 1.44. The average Bonchev–Trinajstić information content (AvgIpc) is 3.30. The maximum absolute atomic E-state index is 12.7. The molecule has 25 heavy (non-hydrogen) atoms. The molecular weight excluding hydrogens is 314 g/mol. The lowest BCUT2D eigenvalue weighted by atomic mass is 9.91. The van der Waals surface area contributed by atoms with Crippen LogP contribution >= 0.6 is 0 Å². The molecule has 0 saturated carbocycles. The van der Waals surface area contributed by atoms with Crippen molar-refractivity contribution in [1.82, 2.24) is 15.4 Å². The maximum Gasteiger partial charge on any atom is 0.276 e. The average molecular weight is 339 g/mol. The van der Waals surface area contributed by atoms with Gasteiger partial charge in [-0.2, -0.15) is 0 Å². The largest absolute Gasteiger partial charge is 0.360 e. The van der Waals surface area contributed by atoms with Gasteiger partial charge in [0.05, 0.1) is 0 Å². The fourth-order valence-electron chi connectivity index (χ4n) is 3.88. The summed E-state index contributed by atoms with van der Waals surface area (Å²) in [7, 11) is 0. The van der Waals surface area contributed by atoms with E-state index < -0.39 is 0 Å². The van der Waals surface area contributed by atoms with Crippen molar-refractivity contribution >= 4 is 5.91 Å². The highest BCUT2D eigenvalue weighted by Gasteiger charge is 2.31. The van der Waals surface area contributed by atoms with Gasteiger partial charge in [0.2, 0.25) is 0 Å². The topological polar surface area (TPSA) is 58.4 Å². The zero-order valence-electron chi connectivity index (χ0n) is 14.8. The normalized spacial score (nSPS) is 19.9. The van der Waals surface area contributed by atoms with Gasteiger partial charge in [-0.25, -0.2) is 0 Å². The van der Waals surface area contributed by atoms with Crippen LogP contribution in [0.4, 0.5) is 0 Å². The zero-order chi connectivity index (χ0) is 17.2. The summed E-state index contributed by atoms with van der Waals surface area (Å²) in [5.74, 6) is 0.943. The molecule has 1 aliphatic heterocycles. The van der Waals surface area contributed by atoms with E-state index in [2.05, 4.69) is 41.7 Å². The van der Waals surface area contributed by atoms with Crippen LogP contribution in [-0.4, -0.2) is 35.1 Å². The van der Waals surface area contributed by atoms with Gasteiger partial charge in [-0.3, -0.25) is 4.79 Å². The van der Waals surface area contributed by atoms with E-state index in [1.165, 1.54) is 11.1 Å². The van der Waals surface area contributed by atoms with Gasteiger partial charge in [-0.05, 0) is 43.7 Å². The standard InChI is InChI=1S/C20H25N3O2/c1-14-6-2-3-7-15(14)13-21-16-8-9-18-17(12-16)19(22-25-18)20(24)23-10-4-5-11-23/h2-3,6-7,16,21H,4-5,8-13H2,1H3. The molecule has 5 heteroatoms. The van der Waals surface area contributed by atoms with E-state index in [1.54, 1.807) is 0 Å². The van der Waals surface area contributed by atoms with Crippen LogP contribution in [-0.2, 0) is 19.4 Å². The van der Waals surface area contributed by atoms with Gasteiger partial charge in [0.15, 0.2) is 5.69 Å². The minimum absolute atomic E-state index is 0.0436. The molecule has 4 rings (SSSR count). The van der Waals surface area contributed by atoms with Crippen LogP contribution in [0.3, 0.4) is 0 Å². The summed E-state index contributed by atoms with van der Waals surface area (Å²) in [6.45, 7) is 4.68. The van der Waals surface area contributed by atoms with E-state index in [4.69, 9.17) is 4.52 Å². The first-order chi connectivity index (χ1) is 12.2. The minimum Gasteiger partial charge on any atom is -0.360 e. The lowest BCUT2D eigenvalue weighted by molar-refractivity contribution is 0.0781. The number of amides is 1. The molecule has 1 aliphatic carbocycles. The van der Waals surface area contributed by atoms with E-state index in [1.807, 2.05) is 4.90 Å². The van der Waals surface area contributed by atoms with Crippen molar-refractivity contribution in [2.75, 3.05) is 13.1 Å². The van der Waals surface area contributed by atoms with Crippen molar-refractivity contribution in [1.29, 1.82) is 0 Å². The van der Waals surface area contributed by atoms with Gasteiger partial charge >= 0.3 is 0 Å². The summed E-state index contributed by atoms with van der Waals surface area (Å²) < 4.78 is 5.47. The number of aryl methyl sites for hydroxylation is 2. The summed E-state index contributed by atoms with van der Waals surface area (Å²) in [5.41, 5.74) is 4.19. The van der Waals surface area contributed by atoms with E-state index in [0.29, 0.717) is 11.7 Å². The molecule has 1 amide bonds. The Hall–Kier alpha value is -2.14. The Labute approximate surface area is 148 Å². The number of benzene rings is 1. The van der Waals surface area contributed by atoms with E-state index in [-0.39, 0.29) is 5.91 Å². The summed E-state index contributed by atoms with van der Waals surface area (Å²) in [5, 5.41) is 7.77. The first-order valence-electron chi connectivity index (χ1n) is 9.27. The van der Waals surface area contributed by atoms with E-state index in [9.17, 15) is 4.79 Å². The second kappa shape index (κ2) is 7.00. The number of fused-ring (bicyclic) bond motifs is 1. The van der Waals surface area contributed by atoms with Crippen molar-refractivity contribution in [2.24, 2.45) is 0 Å². The van der Waals surface area contributed by atoms with Gasteiger partial charge in [0.1, 0.15) is 5.76 Å². The maximum atomic E-state index is 12.7. The number of carbonyl (C=O) groups is 1. The molecule has 0 radical (unpaired) electrons. The van der Waals surface area contributed by atoms with Crippen molar-refractivity contribution < 1.29 is 9.32 Å². The fraction of sp³-hybridized carbons (Fsp3) is 0.500. The monoisotopic (exact) mass is 339 g/mol. The molecular formula is C20H25N3O2. The number of aromatic nitrogens is 1. The van der Waals surface area contributed by atoms with Crippen LogP contribution in [0, 0.1) is 6.92 Å². The molecule has 132 valence electrons. The van der Waals surface area contributed by atoms with Crippen LogP contribution in [0.1, 0.15) is 52.2 Å². The second-order valence-corrected chi connectivity index (χ2v) is 7.18. The lowest BCUT2D eigenvalue weighted by Gasteiger charge is -2.23. The van der Waals surface area contributed by atoms with Gasteiger partial charge < -0.3 is 14.7 Å². The molecule has 1 aromatic heterocycles. The highest BCUT2D eigenvalue weighted by atomic mass is 16.5. The van der Waals surface area contributed by atoms with Crippen LogP contribution in [0.15, 0.2) is 28.8 Å². The van der Waals surface area contributed by atoms with Gasteiger partial charge in [-0.1, -0.05) is 29.4 Å². The molecule has 2 aliphatic rings. The molecule has 5 nitrogen and oxygen atoms in total. The third-order valence-corrected chi connectivity index (χ3v) is 5.48. The van der Waals surface area contributed by atoms with Crippen LogP contribution < -0.4 is 5.32 Å². The summed E-state index contributed by atoms with van der Waals surface area (Å²) >= 11 is 0. The Morgan fingerprint density at radius 3 is 2.92 bits per heavy atom. The molecule has 1 aromatic carbocycles. The van der Waals surface area contributed by atoms with Gasteiger partial charge in [0.25, 0.3) is 5.91 Å². The van der Waals surface area contributed by atoms with Gasteiger partial charge in [0, 0.05) is 37.7 Å². The van der Waals surface area contributed by atoms with E-state index >= 15 is 0 Å². The number of likely N-dealkylation sites (tertiary alicyclic amines) is 1. The summed E-state index contributed by atoms with van der Waals surface area (Å²) in [6.07, 6.45) is 4.87. The van der Waals surface area contributed by atoms with Crippen molar-refractivity contribution in [3.05, 3.63) is 52.4 Å². The Morgan fingerprint density at radius 1 is 1.32 bits per heavy atom. The first kappa shape index (κ1) is 16.3. The third-order valence-electron chi connectivity index (χ3n) is 5.48. The number of hydrogen-bond donors (Lipinski definition) is 1. The number of nitrogens with one attached hydrogen (secondary N) is 1.